The van der Waals surface area contributed by atoms with Crippen molar-refractivity contribution in [2.24, 2.45) is 0 Å². The number of likely N-dealkylation sites (N-methyl/N-ethyl adjacent to an activating group) is 1. The van der Waals surface area contributed by atoms with E-state index in [9.17, 15) is 9.59 Å². The summed E-state index contributed by atoms with van der Waals surface area (Å²) in [5.41, 5.74) is 4.31. The van der Waals surface area contributed by atoms with E-state index in [1.54, 1.807) is 11.0 Å². The Morgan fingerprint density at radius 3 is 2.63 bits per heavy atom. The number of nitrogens with zero attached hydrogens (tertiary/aromatic N) is 2. The summed E-state index contributed by atoms with van der Waals surface area (Å²) in [5.74, 6) is 0.362. The molecule has 0 radical (unpaired) electrons. The van der Waals surface area contributed by atoms with E-state index < -0.39 is 0 Å². The fraction of sp³-hybridized carbons (Fsp3) is 0.292. The number of anilines is 2. The SMILES string of the molecule is Cc1cccc(NC(=O)CN(C)c2cc(C(=O)NC3CC3)c3ccccc3n2)c1C. The summed E-state index contributed by atoms with van der Waals surface area (Å²) >= 11 is 0. The number of aromatic nitrogens is 1. The molecule has 4 rings (SSSR count). The van der Waals surface area contributed by atoms with Gasteiger partial charge in [0.1, 0.15) is 5.82 Å². The minimum atomic E-state index is -0.134. The van der Waals surface area contributed by atoms with Crippen LogP contribution >= 0.6 is 0 Å². The highest BCUT2D eigenvalue weighted by Crippen LogP contribution is 2.25. The van der Waals surface area contributed by atoms with Crippen LogP contribution in [0.1, 0.15) is 34.3 Å². The van der Waals surface area contributed by atoms with E-state index in [0.29, 0.717) is 11.4 Å². The molecular weight excluding hydrogens is 376 g/mol. The van der Waals surface area contributed by atoms with Crippen LogP contribution in [0.15, 0.2) is 48.5 Å². The van der Waals surface area contributed by atoms with Crippen molar-refractivity contribution in [2.45, 2.75) is 32.7 Å². The lowest BCUT2D eigenvalue weighted by atomic mass is 10.1. The molecule has 1 aliphatic rings. The Morgan fingerprint density at radius 1 is 1.10 bits per heavy atom. The Bertz CT molecular complexity index is 1120. The summed E-state index contributed by atoms with van der Waals surface area (Å²) < 4.78 is 0. The maximum absolute atomic E-state index is 12.8. The molecule has 6 heteroatoms. The summed E-state index contributed by atoms with van der Waals surface area (Å²) in [6, 6.07) is 15.5. The fourth-order valence-corrected chi connectivity index (χ4v) is 3.41. The zero-order valence-corrected chi connectivity index (χ0v) is 17.5. The van der Waals surface area contributed by atoms with Crippen molar-refractivity contribution < 1.29 is 9.59 Å². The molecule has 1 aliphatic carbocycles. The molecule has 1 aromatic heterocycles. The van der Waals surface area contributed by atoms with Crippen LogP contribution in [0.4, 0.5) is 11.5 Å². The number of carbonyl (C=O) groups excluding carboxylic acids is 2. The van der Waals surface area contributed by atoms with Crippen LogP contribution in [0, 0.1) is 13.8 Å². The van der Waals surface area contributed by atoms with Crippen molar-refractivity contribution in [3.05, 3.63) is 65.2 Å². The third-order valence-corrected chi connectivity index (χ3v) is 5.51. The smallest absolute Gasteiger partial charge is 0.252 e. The van der Waals surface area contributed by atoms with Gasteiger partial charge < -0.3 is 15.5 Å². The Morgan fingerprint density at radius 2 is 1.87 bits per heavy atom. The average Bonchev–Trinajstić information content (AvgIpc) is 3.54. The molecule has 1 saturated carbocycles. The number of carbonyl (C=O) groups is 2. The average molecular weight is 402 g/mol. The predicted molar refractivity (Wildman–Crippen MR) is 120 cm³/mol. The van der Waals surface area contributed by atoms with Crippen LogP contribution in [-0.4, -0.2) is 36.4 Å². The summed E-state index contributed by atoms with van der Waals surface area (Å²) in [6.45, 7) is 4.14. The number of fused-ring (bicyclic) bond motifs is 1. The van der Waals surface area contributed by atoms with Gasteiger partial charge in [0.2, 0.25) is 5.91 Å². The number of pyridine rings is 1. The maximum atomic E-state index is 12.8. The molecule has 0 spiro atoms. The lowest BCUT2D eigenvalue weighted by Gasteiger charge is -2.20. The van der Waals surface area contributed by atoms with Crippen molar-refractivity contribution in [3.8, 4) is 0 Å². The highest BCUT2D eigenvalue weighted by molar-refractivity contribution is 6.07. The van der Waals surface area contributed by atoms with Crippen LogP contribution in [0.25, 0.3) is 10.9 Å². The first-order chi connectivity index (χ1) is 14.4. The third-order valence-electron chi connectivity index (χ3n) is 5.51. The van der Waals surface area contributed by atoms with Crippen LogP contribution < -0.4 is 15.5 Å². The number of rotatable bonds is 6. The second-order valence-corrected chi connectivity index (χ2v) is 7.94. The number of nitrogens with one attached hydrogen (secondary N) is 2. The van der Waals surface area contributed by atoms with Crippen LogP contribution in [0.2, 0.25) is 0 Å². The van der Waals surface area contributed by atoms with Gasteiger partial charge in [-0.25, -0.2) is 4.98 Å². The summed E-state index contributed by atoms with van der Waals surface area (Å²) in [6.07, 6.45) is 2.06. The van der Waals surface area contributed by atoms with E-state index >= 15 is 0 Å². The summed E-state index contributed by atoms with van der Waals surface area (Å²) in [5, 5.41) is 6.83. The zero-order chi connectivity index (χ0) is 21.3. The van der Waals surface area contributed by atoms with Gasteiger partial charge in [0.25, 0.3) is 5.91 Å². The molecule has 0 saturated heterocycles. The van der Waals surface area contributed by atoms with E-state index in [1.165, 1.54) is 0 Å². The predicted octanol–water partition coefficient (Wildman–Crippen LogP) is 3.82. The molecule has 2 aromatic carbocycles. The van der Waals surface area contributed by atoms with E-state index in [0.717, 1.165) is 40.6 Å². The second-order valence-electron chi connectivity index (χ2n) is 7.94. The van der Waals surface area contributed by atoms with Crippen LogP contribution in [0.3, 0.4) is 0 Å². The maximum Gasteiger partial charge on any atom is 0.252 e. The molecule has 0 atom stereocenters. The van der Waals surface area contributed by atoms with Gasteiger partial charge >= 0.3 is 0 Å². The molecule has 154 valence electrons. The Labute approximate surface area is 176 Å². The Hall–Kier alpha value is -3.41. The van der Waals surface area contributed by atoms with Crippen molar-refractivity contribution in [1.29, 1.82) is 0 Å². The first-order valence-electron chi connectivity index (χ1n) is 10.2. The van der Waals surface area contributed by atoms with E-state index in [-0.39, 0.29) is 24.4 Å². The first kappa shape index (κ1) is 19.9. The lowest BCUT2D eigenvalue weighted by molar-refractivity contribution is -0.114. The normalized spacial score (nSPS) is 13.2. The van der Waals surface area contributed by atoms with Gasteiger partial charge in [-0.05, 0) is 56.0 Å². The number of amides is 2. The zero-order valence-electron chi connectivity index (χ0n) is 17.5. The van der Waals surface area contributed by atoms with Gasteiger partial charge in [0.15, 0.2) is 0 Å². The number of benzene rings is 2. The van der Waals surface area contributed by atoms with Crippen molar-refractivity contribution >= 4 is 34.2 Å². The van der Waals surface area contributed by atoms with Crippen LogP contribution in [-0.2, 0) is 4.79 Å². The van der Waals surface area contributed by atoms with Gasteiger partial charge in [-0.3, -0.25) is 9.59 Å². The molecule has 0 bridgehead atoms. The van der Waals surface area contributed by atoms with Gasteiger partial charge in [-0.2, -0.15) is 0 Å². The molecule has 3 aromatic rings. The lowest BCUT2D eigenvalue weighted by Crippen LogP contribution is -2.31. The molecule has 30 heavy (non-hydrogen) atoms. The molecule has 2 amide bonds. The van der Waals surface area contributed by atoms with Gasteiger partial charge in [-0.15, -0.1) is 0 Å². The highest BCUT2D eigenvalue weighted by Gasteiger charge is 2.25. The number of hydrogen-bond acceptors (Lipinski definition) is 4. The van der Waals surface area contributed by atoms with Crippen molar-refractivity contribution in [3.63, 3.8) is 0 Å². The quantitative estimate of drug-likeness (QED) is 0.657. The minimum Gasteiger partial charge on any atom is -0.350 e. The highest BCUT2D eigenvalue weighted by atomic mass is 16.2. The summed E-state index contributed by atoms with van der Waals surface area (Å²) in [4.78, 5) is 31.9. The molecule has 0 unspecified atom stereocenters. The largest absolute Gasteiger partial charge is 0.350 e. The first-order valence-corrected chi connectivity index (χ1v) is 10.2. The topological polar surface area (TPSA) is 74.3 Å². The summed E-state index contributed by atoms with van der Waals surface area (Å²) in [7, 11) is 1.81. The van der Waals surface area contributed by atoms with Crippen molar-refractivity contribution in [2.75, 3.05) is 23.8 Å². The van der Waals surface area contributed by atoms with Gasteiger partial charge in [0.05, 0.1) is 17.6 Å². The fourth-order valence-electron chi connectivity index (χ4n) is 3.41. The monoisotopic (exact) mass is 402 g/mol. The number of aryl methyl sites for hydroxylation is 1. The molecule has 1 fully saturated rings. The molecule has 2 N–H and O–H groups in total. The Kier molecular flexibility index (Phi) is 5.40. The van der Waals surface area contributed by atoms with Crippen molar-refractivity contribution in [1.82, 2.24) is 10.3 Å². The van der Waals surface area contributed by atoms with E-state index in [4.69, 9.17) is 0 Å². The number of hydrogen-bond donors (Lipinski definition) is 2. The minimum absolute atomic E-state index is 0.0920. The molecular formula is C24H26N4O2. The van der Waals surface area contributed by atoms with E-state index in [2.05, 4.69) is 15.6 Å². The standard InChI is InChI=1S/C24H26N4O2/c1-15-7-6-10-20(16(15)2)27-23(29)14-28(3)22-13-19(24(30)25-17-11-12-17)18-8-4-5-9-21(18)26-22/h4-10,13,17H,11-12,14H2,1-3H3,(H,25,30)(H,27,29). The van der Waals surface area contributed by atoms with Gasteiger partial charge in [-0.1, -0.05) is 30.3 Å². The van der Waals surface area contributed by atoms with Crippen LogP contribution in [0.5, 0.6) is 0 Å². The molecule has 0 aliphatic heterocycles. The Balaban J connectivity index is 1.56. The third kappa shape index (κ3) is 4.27. The molecule has 1 heterocycles. The second kappa shape index (κ2) is 8.14. The molecule has 6 nitrogen and oxygen atoms in total. The van der Waals surface area contributed by atoms with Gasteiger partial charge in [0, 0.05) is 24.2 Å². The number of para-hydroxylation sites is 1. The van der Waals surface area contributed by atoms with E-state index in [1.807, 2.05) is 63.4 Å².